The minimum atomic E-state index is -3.81. The van der Waals surface area contributed by atoms with Crippen molar-refractivity contribution >= 4 is 19.7 Å². The standard InChI is InChI=1S/C20H18O4S2/c1-2-16-13-14-19(25(21,22)17-9-5-3-6-10-17)15-20(16)26(23,24)18-11-7-4-8-12-18/h3-15H,2H2,1H3. The fourth-order valence-corrected chi connectivity index (χ4v) is 5.70. The van der Waals surface area contributed by atoms with E-state index in [0.29, 0.717) is 12.0 Å². The lowest BCUT2D eigenvalue weighted by molar-refractivity contribution is 0.593. The van der Waals surface area contributed by atoms with E-state index in [2.05, 4.69) is 0 Å². The van der Waals surface area contributed by atoms with Crippen LogP contribution in [0.1, 0.15) is 12.5 Å². The molecule has 0 aliphatic heterocycles. The molecule has 0 amide bonds. The molecule has 0 fully saturated rings. The van der Waals surface area contributed by atoms with Gasteiger partial charge in [0.2, 0.25) is 19.7 Å². The zero-order chi connectivity index (χ0) is 18.8. The second-order valence-electron chi connectivity index (χ2n) is 5.76. The Hall–Kier alpha value is -2.44. The summed E-state index contributed by atoms with van der Waals surface area (Å²) < 4.78 is 51.8. The molecule has 3 aromatic carbocycles. The summed E-state index contributed by atoms with van der Waals surface area (Å²) in [6.07, 6.45) is 0.479. The number of sulfone groups is 2. The Morgan fingerprint density at radius 2 is 1.12 bits per heavy atom. The van der Waals surface area contributed by atoms with Crippen molar-refractivity contribution in [3.63, 3.8) is 0 Å². The highest BCUT2D eigenvalue weighted by Crippen LogP contribution is 2.29. The van der Waals surface area contributed by atoms with E-state index >= 15 is 0 Å². The number of hydrogen-bond donors (Lipinski definition) is 0. The zero-order valence-corrected chi connectivity index (χ0v) is 15.8. The molecule has 26 heavy (non-hydrogen) atoms. The molecule has 0 bridgehead atoms. The molecule has 0 saturated heterocycles. The van der Waals surface area contributed by atoms with Crippen molar-refractivity contribution in [1.29, 1.82) is 0 Å². The maximum absolute atomic E-state index is 13.0. The van der Waals surface area contributed by atoms with Crippen LogP contribution in [0.5, 0.6) is 0 Å². The van der Waals surface area contributed by atoms with E-state index in [0.717, 1.165) is 0 Å². The Kier molecular flexibility index (Phi) is 4.98. The third-order valence-electron chi connectivity index (χ3n) is 4.13. The molecule has 0 aromatic heterocycles. The predicted molar refractivity (Wildman–Crippen MR) is 99.6 cm³/mol. The lowest BCUT2D eigenvalue weighted by Crippen LogP contribution is -2.09. The van der Waals surface area contributed by atoms with E-state index in [1.807, 2.05) is 6.92 Å². The Bertz CT molecular complexity index is 1120. The third kappa shape index (κ3) is 3.30. The second-order valence-corrected chi connectivity index (χ2v) is 9.62. The average Bonchev–Trinajstić information content (AvgIpc) is 2.68. The lowest BCUT2D eigenvalue weighted by Gasteiger charge is -2.12. The maximum atomic E-state index is 13.0. The molecule has 6 heteroatoms. The molecule has 0 saturated carbocycles. The van der Waals surface area contributed by atoms with Crippen molar-refractivity contribution in [3.05, 3.63) is 84.4 Å². The topological polar surface area (TPSA) is 68.3 Å². The first-order valence-electron chi connectivity index (χ1n) is 8.10. The van der Waals surface area contributed by atoms with Gasteiger partial charge in [-0.05, 0) is 48.4 Å². The number of benzene rings is 3. The van der Waals surface area contributed by atoms with Crippen LogP contribution < -0.4 is 0 Å². The van der Waals surface area contributed by atoms with Gasteiger partial charge in [-0.1, -0.05) is 49.4 Å². The summed E-state index contributed by atoms with van der Waals surface area (Å²) in [7, 11) is -7.60. The molecule has 0 spiro atoms. The van der Waals surface area contributed by atoms with Crippen molar-refractivity contribution in [2.75, 3.05) is 0 Å². The molecule has 0 aliphatic carbocycles. The molecule has 0 unspecified atom stereocenters. The van der Waals surface area contributed by atoms with Crippen molar-refractivity contribution < 1.29 is 16.8 Å². The molecule has 0 aliphatic rings. The van der Waals surface area contributed by atoms with Gasteiger partial charge in [-0.2, -0.15) is 0 Å². The van der Waals surface area contributed by atoms with Gasteiger partial charge in [0.15, 0.2) is 0 Å². The van der Waals surface area contributed by atoms with Crippen molar-refractivity contribution in [1.82, 2.24) is 0 Å². The van der Waals surface area contributed by atoms with E-state index in [1.165, 1.54) is 36.4 Å². The van der Waals surface area contributed by atoms with Crippen molar-refractivity contribution in [2.24, 2.45) is 0 Å². The first-order chi connectivity index (χ1) is 12.4. The summed E-state index contributed by atoms with van der Waals surface area (Å²) in [6.45, 7) is 1.84. The van der Waals surface area contributed by atoms with Gasteiger partial charge in [0, 0.05) is 0 Å². The zero-order valence-electron chi connectivity index (χ0n) is 14.2. The SMILES string of the molecule is CCc1ccc(S(=O)(=O)c2ccccc2)cc1S(=O)(=O)c1ccccc1. The molecule has 0 radical (unpaired) electrons. The van der Waals surface area contributed by atoms with Crippen LogP contribution in [0.25, 0.3) is 0 Å². The highest BCUT2D eigenvalue weighted by Gasteiger charge is 2.25. The molecular weight excluding hydrogens is 368 g/mol. The summed E-state index contributed by atoms with van der Waals surface area (Å²) in [4.78, 5) is 0.273. The van der Waals surface area contributed by atoms with Gasteiger partial charge in [-0.25, -0.2) is 16.8 Å². The highest BCUT2D eigenvalue weighted by atomic mass is 32.2. The Morgan fingerprint density at radius 1 is 0.615 bits per heavy atom. The highest BCUT2D eigenvalue weighted by molar-refractivity contribution is 7.92. The maximum Gasteiger partial charge on any atom is 0.206 e. The molecule has 3 aromatic rings. The Balaban J connectivity index is 2.21. The average molecular weight is 386 g/mol. The number of aryl methyl sites for hydroxylation is 1. The summed E-state index contributed by atoms with van der Waals surface area (Å²) in [5.41, 5.74) is 0.584. The third-order valence-corrected chi connectivity index (χ3v) is 7.75. The quantitative estimate of drug-likeness (QED) is 0.667. The largest absolute Gasteiger partial charge is 0.219 e. The van der Waals surface area contributed by atoms with Crippen LogP contribution >= 0.6 is 0 Å². The van der Waals surface area contributed by atoms with E-state index in [1.54, 1.807) is 42.5 Å². The van der Waals surface area contributed by atoms with Gasteiger partial charge < -0.3 is 0 Å². The van der Waals surface area contributed by atoms with Crippen LogP contribution in [0.3, 0.4) is 0 Å². The fourth-order valence-electron chi connectivity index (χ4n) is 2.71. The summed E-state index contributed by atoms with van der Waals surface area (Å²) in [5, 5.41) is 0. The van der Waals surface area contributed by atoms with E-state index in [9.17, 15) is 16.8 Å². The second kappa shape index (κ2) is 7.05. The van der Waals surface area contributed by atoms with Gasteiger partial charge in [0.05, 0.1) is 19.6 Å². The van der Waals surface area contributed by atoms with Crippen LogP contribution in [0.15, 0.2) is 98.4 Å². The molecule has 0 atom stereocenters. The smallest absolute Gasteiger partial charge is 0.206 e. The van der Waals surface area contributed by atoms with Gasteiger partial charge in [-0.3, -0.25) is 0 Å². The van der Waals surface area contributed by atoms with E-state index in [4.69, 9.17) is 0 Å². The van der Waals surface area contributed by atoms with Crippen LogP contribution in [0.4, 0.5) is 0 Å². The molecule has 0 N–H and O–H groups in total. The fraction of sp³-hybridized carbons (Fsp3) is 0.100. The van der Waals surface area contributed by atoms with Gasteiger partial charge in [0.25, 0.3) is 0 Å². The minimum absolute atomic E-state index is 0.0307. The van der Waals surface area contributed by atoms with Crippen molar-refractivity contribution in [2.45, 2.75) is 32.9 Å². The summed E-state index contributed by atoms with van der Waals surface area (Å²) >= 11 is 0. The predicted octanol–water partition coefficient (Wildman–Crippen LogP) is 3.91. The Morgan fingerprint density at radius 3 is 1.62 bits per heavy atom. The van der Waals surface area contributed by atoms with Gasteiger partial charge in [0.1, 0.15) is 0 Å². The van der Waals surface area contributed by atoms with Crippen LogP contribution in [-0.2, 0) is 26.1 Å². The Labute approximate surface area is 154 Å². The van der Waals surface area contributed by atoms with E-state index in [-0.39, 0.29) is 19.6 Å². The van der Waals surface area contributed by atoms with E-state index < -0.39 is 19.7 Å². The summed E-state index contributed by atoms with van der Waals surface area (Å²) in [5.74, 6) is 0. The van der Waals surface area contributed by atoms with Crippen LogP contribution in [0, 0.1) is 0 Å². The van der Waals surface area contributed by atoms with Gasteiger partial charge >= 0.3 is 0 Å². The van der Waals surface area contributed by atoms with Gasteiger partial charge in [-0.15, -0.1) is 0 Å². The molecule has 3 rings (SSSR count). The monoisotopic (exact) mass is 386 g/mol. The van der Waals surface area contributed by atoms with Crippen molar-refractivity contribution in [3.8, 4) is 0 Å². The molecule has 0 heterocycles. The molecular formula is C20H18O4S2. The first-order valence-corrected chi connectivity index (χ1v) is 11.1. The summed E-state index contributed by atoms with van der Waals surface area (Å²) in [6, 6.07) is 20.3. The molecule has 4 nitrogen and oxygen atoms in total. The van der Waals surface area contributed by atoms with Crippen LogP contribution in [-0.4, -0.2) is 16.8 Å². The molecule has 134 valence electrons. The number of hydrogen-bond acceptors (Lipinski definition) is 4. The normalized spacial score (nSPS) is 12.0. The minimum Gasteiger partial charge on any atom is -0.219 e. The number of rotatable bonds is 5. The first kappa shape index (κ1) is 18.4. The van der Waals surface area contributed by atoms with Crippen LogP contribution in [0.2, 0.25) is 0 Å². The lowest BCUT2D eigenvalue weighted by atomic mass is 10.2.